The average molecular weight is 438 g/mol. The first kappa shape index (κ1) is 21.5. The zero-order valence-electron chi connectivity index (χ0n) is 19.0. The van der Waals surface area contributed by atoms with Gasteiger partial charge in [-0.05, 0) is 49.5 Å². The monoisotopic (exact) mass is 437 g/mol. The third kappa shape index (κ3) is 4.85. The summed E-state index contributed by atoms with van der Waals surface area (Å²) in [5.74, 6) is 0.382. The van der Waals surface area contributed by atoms with Crippen LogP contribution in [0.4, 0.5) is 5.69 Å². The molecule has 0 unspecified atom stereocenters. The van der Waals surface area contributed by atoms with Crippen LogP contribution in [-0.2, 0) is 14.3 Å². The zero-order chi connectivity index (χ0) is 21.8. The van der Waals surface area contributed by atoms with Crippen molar-refractivity contribution in [3.05, 3.63) is 35.6 Å². The number of aliphatic imine (C=N–C) groups is 1. The van der Waals surface area contributed by atoms with Crippen LogP contribution in [0, 0.1) is 0 Å². The Balaban J connectivity index is 1.36. The van der Waals surface area contributed by atoms with Gasteiger partial charge < -0.3 is 14.4 Å². The van der Waals surface area contributed by atoms with E-state index in [0.717, 1.165) is 57.6 Å². The molecule has 172 valence electrons. The SMILES string of the molecule is O=C1/C(=C\c2ccc(N3CCOCC3)cc2)OC(=NC2CCCCC2)N1C1CCCCC1. The molecule has 2 saturated carbocycles. The van der Waals surface area contributed by atoms with Crippen molar-refractivity contribution in [2.75, 3.05) is 31.2 Å². The lowest BCUT2D eigenvalue weighted by Crippen LogP contribution is -2.41. The number of carbonyl (C=O) groups is 1. The normalized spacial score (nSPS) is 26.2. The second-order valence-corrected chi connectivity index (χ2v) is 9.47. The number of morpholine rings is 1. The number of amidine groups is 1. The maximum Gasteiger partial charge on any atom is 0.300 e. The van der Waals surface area contributed by atoms with Crippen LogP contribution >= 0.6 is 0 Å². The number of nitrogens with zero attached hydrogens (tertiary/aromatic N) is 3. The van der Waals surface area contributed by atoms with Gasteiger partial charge in [-0.1, -0.05) is 50.7 Å². The minimum absolute atomic E-state index is 0.0243. The van der Waals surface area contributed by atoms with Crippen LogP contribution in [0.3, 0.4) is 0 Å². The van der Waals surface area contributed by atoms with Gasteiger partial charge in [-0.25, -0.2) is 4.99 Å². The Morgan fingerprint density at radius 1 is 0.875 bits per heavy atom. The van der Waals surface area contributed by atoms with Crippen molar-refractivity contribution < 1.29 is 14.3 Å². The highest BCUT2D eigenvalue weighted by Crippen LogP contribution is 2.31. The molecule has 1 aromatic rings. The molecule has 2 heterocycles. The number of rotatable bonds is 4. The van der Waals surface area contributed by atoms with E-state index in [1.165, 1.54) is 44.2 Å². The quantitative estimate of drug-likeness (QED) is 0.638. The predicted molar refractivity (Wildman–Crippen MR) is 127 cm³/mol. The van der Waals surface area contributed by atoms with E-state index in [9.17, 15) is 4.79 Å². The van der Waals surface area contributed by atoms with E-state index in [4.69, 9.17) is 14.5 Å². The number of anilines is 1. The molecular formula is C26H35N3O3. The predicted octanol–water partition coefficient (Wildman–Crippen LogP) is 4.74. The smallest absolute Gasteiger partial charge is 0.300 e. The molecule has 0 atom stereocenters. The van der Waals surface area contributed by atoms with Crippen LogP contribution in [0.15, 0.2) is 35.0 Å². The largest absolute Gasteiger partial charge is 0.420 e. The molecule has 6 heteroatoms. The average Bonchev–Trinajstić information content (AvgIpc) is 3.15. The lowest BCUT2D eigenvalue weighted by Gasteiger charge is -2.29. The Morgan fingerprint density at radius 3 is 2.22 bits per heavy atom. The van der Waals surface area contributed by atoms with E-state index >= 15 is 0 Å². The molecule has 4 aliphatic rings. The summed E-state index contributed by atoms with van der Waals surface area (Å²) in [6.07, 6.45) is 13.5. The fourth-order valence-electron chi connectivity index (χ4n) is 5.36. The number of benzene rings is 1. The first-order valence-electron chi connectivity index (χ1n) is 12.5. The summed E-state index contributed by atoms with van der Waals surface area (Å²) in [6, 6.07) is 9.41. The Bertz CT molecular complexity index is 846. The number of ether oxygens (including phenoxy) is 2. The summed E-state index contributed by atoms with van der Waals surface area (Å²) in [5.41, 5.74) is 2.17. The highest BCUT2D eigenvalue weighted by molar-refractivity contribution is 6.11. The second kappa shape index (κ2) is 10.1. The van der Waals surface area contributed by atoms with Crippen LogP contribution in [0.1, 0.15) is 69.8 Å². The molecule has 0 spiro atoms. The van der Waals surface area contributed by atoms with Gasteiger partial charge in [-0.3, -0.25) is 9.69 Å². The molecule has 5 rings (SSSR count). The topological polar surface area (TPSA) is 54.4 Å². The molecule has 2 aliphatic heterocycles. The van der Waals surface area contributed by atoms with Crippen LogP contribution in [-0.4, -0.2) is 55.2 Å². The first-order chi connectivity index (χ1) is 15.8. The molecule has 32 heavy (non-hydrogen) atoms. The Kier molecular flexibility index (Phi) is 6.77. The molecule has 2 aliphatic carbocycles. The second-order valence-electron chi connectivity index (χ2n) is 9.47. The molecule has 0 N–H and O–H groups in total. The van der Waals surface area contributed by atoms with E-state index in [2.05, 4.69) is 29.2 Å². The number of carbonyl (C=O) groups excluding carboxylic acids is 1. The third-order valence-electron chi connectivity index (χ3n) is 7.21. The number of amides is 1. The maximum atomic E-state index is 13.4. The zero-order valence-corrected chi connectivity index (χ0v) is 19.0. The van der Waals surface area contributed by atoms with Crippen molar-refractivity contribution in [1.29, 1.82) is 0 Å². The van der Waals surface area contributed by atoms with Gasteiger partial charge in [0, 0.05) is 24.8 Å². The number of hydrogen-bond donors (Lipinski definition) is 0. The van der Waals surface area contributed by atoms with Crippen molar-refractivity contribution in [2.24, 2.45) is 4.99 Å². The lowest BCUT2D eigenvalue weighted by molar-refractivity contribution is -0.124. The minimum Gasteiger partial charge on any atom is -0.420 e. The molecule has 0 radical (unpaired) electrons. The minimum atomic E-state index is -0.0243. The van der Waals surface area contributed by atoms with E-state index in [1.54, 1.807) is 0 Å². The lowest BCUT2D eigenvalue weighted by atomic mass is 9.94. The van der Waals surface area contributed by atoms with Crippen LogP contribution in [0.2, 0.25) is 0 Å². The Morgan fingerprint density at radius 2 is 1.53 bits per heavy atom. The van der Waals surface area contributed by atoms with Crippen LogP contribution in [0.25, 0.3) is 6.08 Å². The van der Waals surface area contributed by atoms with Crippen molar-refractivity contribution in [3.8, 4) is 0 Å². The van der Waals surface area contributed by atoms with Gasteiger partial charge in [-0.15, -0.1) is 0 Å². The molecule has 1 amide bonds. The van der Waals surface area contributed by atoms with Crippen molar-refractivity contribution in [2.45, 2.75) is 76.3 Å². The van der Waals surface area contributed by atoms with Crippen molar-refractivity contribution in [1.82, 2.24) is 4.90 Å². The molecule has 1 aromatic carbocycles. The molecule has 0 aromatic heterocycles. The van der Waals surface area contributed by atoms with Crippen LogP contribution < -0.4 is 4.90 Å². The van der Waals surface area contributed by atoms with E-state index in [1.807, 2.05) is 11.0 Å². The van der Waals surface area contributed by atoms with Gasteiger partial charge in [0.2, 0.25) is 0 Å². The fourth-order valence-corrected chi connectivity index (χ4v) is 5.36. The maximum absolute atomic E-state index is 13.4. The first-order valence-corrected chi connectivity index (χ1v) is 12.5. The van der Waals surface area contributed by atoms with E-state index in [0.29, 0.717) is 11.8 Å². The molecular weight excluding hydrogens is 402 g/mol. The van der Waals surface area contributed by atoms with Crippen molar-refractivity contribution >= 4 is 23.7 Å². The highest BCUT2D eigenvalue weighted by atomic mass is 16.5. The van der Waals surface area contributed by atoms with Gasteiger partial charge in [0.25, 0.3) is 5.91 Å². The van der Waals surface area contributed by atoms with E-state index in [-0.39, 0.29) is 18.0 Å². The molecule has 0 bridgehead atoms. The summed E-state index contributed by atoms with van der Waals surface area (Å²) in [6.45, 7) is 3.38. The van der Waals surface area contributed by atoms with Gasteiger partial charge in [0.1, 0.15) is 0 Å². The summed E-state index contributed by atoms with van der Waals surface area (Å²) >= 11 is 0. The van der Waals surface area contributed by atoms with Gasteiger partial charge >= 0.3 is 6.02 Å². The van der Waals surface area contributed by atoms with Gasteiger partial charge in [0.05, 0.1) is 19.3 Å². The van der Waals surface area contributed by atoms with Gasteiger partial charge in [0.15, 0.2) is 5.76 Å². The Hall–Kier alpha value is -2.34. The number of hydrogen-bond acceptors (Lipinski definition) is 5. The third-order valence-corrected chi connectivity index (χ3v) is 7.21. The standard InChI is InChI=1S/C26H35N3O3/c30-25-24(19-20-11-13-22(14-12-20)28-15-17-31-18-16-28)32-26(27-21-7-3-1-4-8-21)29(25)23-9-5-2-6-10-23/h11-14,19,21,23H,1-10,15-18H2/b24-19+,27-26?. The summed E-state index contributed by atoms with van der Waals surface area (Å²) in [5, 5.41) is 0. The fraction of sp³-hybridized carbons (Fsp3) is 0.615. The van der Waals surface area contributed by atoms with Crippen molar-refractivity contribution in [3.63, 3.8) is 0 Å². The summed E-state index contributed by atoms with van der Waals surface area (Å²) in [7, 11) is 0. The van der Waals surface area contributed by atoms with E-state index < -0.39 is 0 Å². The molecule has 4 fully saturated rings. The molecule has 6 nitrogen and oxygen atoms in total. The Labute approximate surface area is 191 Å². The highest BCUT2D eigenvalue weighted by Gasteiger charge is 2.40. The van der Waals surface area contributed by atoms with Crippen LogP contribution in [0.5, 0.6) is 0 Å². The summed E-state index contributed by atoms with van der Waals surface area (Å²) < 4.78 is 11.6. The molecule has 2 saturated heterocycles. The van der Waals surface area contributed by atoms with Gasteiger partial charge in [-0.2, -0.15) is 0 Å². The summed E-state index contributed by atoms with van der Waals surface area (Å²) in [4.78, 5) is 22.6.